The molecule has 0 spiro atoms. The third-order valence-electron chi connectivity index (χ3n) is 2.87. The fourth-order valence-electron chi connectivity index (χ4n) is 1.88. The first-order valence-corrected chi connectivity index (χ1v) is 7.86. The molecule has 0 unspecified atom stereocenters. The minimum absolute atomic E-state index is 0.505. The smallest absolute Gasteiger partial charge is 0.0360 e. The number of hydrogen-bond donors (Lipinski definition) is 1. The Morgan fingerprint density at radius 3 is 2.61 bits per heavy atom. The summed E-state index contributed by atoms with van der Waals surface area (Å²) in [6.07, 6.45) is 0. The van der Waals surface area contributed by atoms with E-state index in [0.717, 1.165) is 6.54 Å². The minimum atomic E-state index is 0.505. The average Bonchev–Trinajstić information content (AvgIpc) is 2.73. The number of hydrogen-bond acceptors (Lipinski definition) is 2. The van der Waals surface area contributed by atoms with Crippen LogP contribution in [0.1, 0.15) is 25.0 Å². The fraction of sp³-hybridized carbons (Fsp3) is 0.333. The second kappa shape index (κ2) is 6.00. The predicted molar refractivity (Wildman–Crippen MR) is 84.2 cm³/mol. The van der Waals surface area contributed by atoms with E-state index in [-0.39, 0.29) is 0 Å². The summed E-state index contributed by atoms with van der Waals surface area (Å²) < 4.78 is 1.18. The second-order valence-corrected chi connectivity index (χ2v) is 6.43. The normalized spacial score (nSPS) is 11.2. The van der Waals surface area contributed by atoms with Crippen LogP contribution in [0.2, 0.25) is 0 Å². The van der Waals surface area contributed by atoms with E-state index >= 15 is 0 Å². The highest BCUT2D eigenvalue weighted by Crippen LogP contribution is 2.34. The summed E-state index contributed by atoms with van der Waals surface area (Å²) in [7, 11) is 0. The molecular weight excluding hydrogens is 306 g/mol. The van der Waals surface area contributed by atoms with Crippen molar-refractivity contribution in [2.75, 3.05) is 0 Å². The van der Waals surface area contributed by atoms with Crippen molar-refractivity contribution < 1.29 is 0 Å². The number of nitrogens with one attached hydrogen (secondary N) is 1. The molecule has 1 aromatic carbocycles. The van der Waals surface area contributed by atoms with E-state index in [1.165, 1.54) is 26.7 Å². The largest absolute Gasteiger partial charge is 0.310 e. The van der Waals surface area contributed by atoms with Gasteiger partial charge < -0.3 is 5.32 Å². The lowest BCUT2D eigenvalue weighted by Gasteiger charge is -2.13. The van der Waals surface area contributed by atoms with Crippen LogP contribution in [0, 0.1) is 6.92 Å². The summed E-state index contributed by atoms with van der Waals surface area (Å²) in [4.78, 5) is 0. The molecule has 0 atom stereocenters. The summed E-state index contributed by atoms with van der Waals surface area (Å²) in [5.41, 5.74) is 5.28. The molecule has 0 radical (unpaired) electrons. The summed E-state index contributed by atoms with van der Waals surface area (Å²) in [6.45, 7) is 7.40. The lowest BCUT2D eigenvalue weighted by atomic mass is 9.99. The highest BCUT2D eigenvalue weighted by Gasteiger charge is 2.10. The lowest BCUT2D eigenvalue weighted by molar-refractivity contribution is 0.589. The van der Waals surface area contributed by atoms with Crippen molar-refractivity contribution in [3.63, 3.8) is 0 Å². The summed E-state index contributed by atoms with van der Waals surface area (Å²) in [5.74, 6) is 0. The monoisotopic (exact) mass is 323 g/mol. The van der Waals surface area contributed by atoms with Crippen molar-refractivity contribution in [2.45, 2.75) is 33.4 Å². The number of thiophene rings is 1. The van der Waals surface area contributed by atoms with Crippen LogP contribution in [0.25, 0.3) is 11.1 Å². The molecule has 0 aliphatic carbocycles. The molecule has 2 aromatic rings. The molecule has 1 heterocycles. The molecular formula is C15H18BrNS. The Hall–Kier alpha value is -0.640. The van der Waals surface area contributed by atoms with Crippen molar-refractivity contribution in [2.24, 2.45) is 0 Å². The maximum atomic E-state index is 3.63. The fourth-order valence-corrected chi connectivity index (χ4v) is 3.39. The van der Waals surface area contributed by atoms with Crippen LogP contribution in [0.15, 0.2) is 33.4 Å². The van der Waals surface area contributed by atoms with Gasteiger partial charge in [0.2, 0.25) is 0 Å². The second-order valence-electron chi connectivity index (χ2n) is 4.83. The maximum Gasteiger partial charge on any atom is 0.0360 e. The first kappa shape index (κ1) is 13.8. The van der Waals surface area contributed by atoms with Crippen LogP contribution in [0.5, 0.6) is 0 Å². The molecule has 1 aromatic heterocycles. The Morgan fingerprint density at radius 2 is 2.00 bits per heavy atom. The van der Waals surface area contributed by atoms with Gasteiger partial charge in [-0.3, -0.25) is 0 Å². The van der Waals surface area contributed by atoms with Gasteiger partial charge in [0.25, 0.3) is 0 Å². The van der Waals surface area contributed by atoms with Gasteiger partial charge >= 0.3 is 0 Å². The molecule has 0 aliphatic heterocycles. The van der Waals surface area contributed by atoms with E-state index in [4.69, 9.17) is 0 Å². The van der Waals surface area contributed by atoms with E-state index in [1.54, 1.807) is 11.3 Å². The van der Waals surface area contributed by atoms with E-state index in [2.05, 4.69) is 71.0 Å². The van der Waals surface area contributed by atoms with Crippen LogP contribution in [-0.2, 0) is 6.54 Å². The molecule has 1 N–H and O–H groups in total. The highest BCUT2D eigenvalue weighted by atomic mass is 79.9. The average molecular weight is 324 g/mol. The molecule has 0 fully saturated rings. The molecule has 3 heteroatoms. The summed E-state index contributed by atoms with van der Waals surface area (Å²) >= 11 is 5.36. The Balaban J connectivity index is 2.38. The molecule has 0 saturated heterocycles. The van der Waals surface area contributed by atoms with Crippen molar-refractivity contribution in [1.29, 1.82) is 0 Å². The van der Waals surface area contributed by atoms with Crippen molar-refractivity contribution in [3.8, 4) is 11.1 Å². The van der Waals surface area contributed by atoms with Gasteiger partial charge in [0.1, 0.15) is 0 Å². The zero-order valence-electron chi connectivity index (χ0n) is 11.0. The van der Waals surface area contributed by atoms with E-state index in [9.17, 15) is 0 Å². The third-order valence-corrected chi connectivity index (χ3v) is 4.57. The Kier molecular flexibility index (Phi) is 4.60. The van der Waals surface area contributed by atoms with Gasteiger partial charge in [0.15, 0.2) is 0 Å². The van der Waals surface area contributed by atoms with Crippen LogP contribution in [-0.4, -0.2) is 6.04 Å². The highest BCUT2D eigenvalue weighted by molar-refractivity contribution is 9.10. The van der Waals surface area contributed by atoms with Crippen LogP contribution < -0.4 is 5.32 Å². The van der Waals surface area contributed by atoms with Crippen LogP contribution >= 0.6 is 27.3 Å². The van der Waals surface area contributed by atoms with Crippen LogP contribution in [0.4, 0.5) is 0 Å². The number of benzene rings is 1. The van der Waals surface area contributed by atoms with Crippen LogP contribution in [0.3, 0.4) is 0 Å². The number of rotatable bonds is 4. The Bertz CT molecular complexity index is 531. The first-order chi connectivity index (χ1) is 8.58. The van der Waals surface area contributed by atoms with Gasteiger partial charge in [-0.25, -0.2) is 0 Å². The third kappa shape index (κ3) is 3.22. The number of aryl methyl sites for hydroxylation is 1. The first-order valence-electron chi connectivity index (χ1n) is 6.13. The molecule has 1 nitrogen and oxygen atoms in total. The van der Waals surface area contributed by atoms with Crippen molar-refractivity contribution in [3.05, 3.63) is 44.6 Å². The molecule has 18 heavy (non-hydrogen) atoms. The predicted octanol–water partition coefficient (Wildman–Crippen LogP) is 4.98. The van der Waals surface area contributed by atoms with E-state index < -0.39 is 0 Å². The van der Waals surface area contributed by atoms with Gasteiger partial charge in [-0.2, -0.15) is 11.3 Å². The molecule has 0 bridgehead atoms. The standard InChI is InChI=1S/C15H18BrNS/c1-10(2)17-7-12-5-4-11(3)6-13(12)14-8-18-9-15(14)16/h4-6,8-10,17H,7H2,1-3H3. The lowest BCUT2D eigenvalue weighted by Crippen LogP contribution is -2.22. The molecule has 96 valence electrons. The molecule has 0 aliphatic rings. The molecule has 2 rings (SSSR count). The molecule has 0 saturated carbocycles. The summed E-state index contributed by atoms with van der Waals surface area (Å²) in [5, 5.41) is 7.83. The number of halogens is 1. The Morgan fingerprint density at radius 1 is 1.22 bits per heavy atom. The van der Waals surface area contributed by atoms with E-state index in [0.29, 0.717) is 6.04 Å². The van der Waals surface area contributed by atoms with Gasteiger partial charge in [-0.05, 0) is 39.4 Å². The van der Waals surface area contributed by atoms with Gasteiger partial charge in [-0.1, -0.05) is 37.6 Å². The zero-order valence-corrected chi connectivity index (χ0v) is 13.4. The minimum Gasteiger partial charge on any atom is -0.310 e. The quantitative estimate of drug-likeness (QED) is 0.836. The van der Waals surface area contributed by atoms with Crippen molar-refractivity contribution in [1.82, 2.24) is 5.32 Å². The van der Waals surface area contributed by atoms with Gasteiger partial charge in [-0.15, -0.1) is 0 Å². The Labute approximate surface area is 121 Å². The van der Waals surface area contributed by atoms with Gasteiger partial charge in [0, 0.05) is 28.0 Å². The maximum absolute atomic E-state index is 3.63. The summed E-state index contributed by atoms with van der Waals surface area (Å²) in [6, 6.07) is 7.18. The van der Waals surface area contributed by atoms with Crippen molar-refractivity contribution >= 4 is 27.3 Å². The van der Waals surface area contributed by atoms with E-state index in [1.807, 2.05) is 0 Å². The molecule has 0 amide bonds. The SMILES string of the molecule is Cc1ccc(CNC(C)C)c(-c2cscc2Br)c1. The zero-order chi connectivity index (χ0) is 13.1. The topological polar surface area (TPSA) is 12.0 Å². The van der Waals surface area contributed by atoms with Gasteiger partial charge in [0.05, 0.1) is 0 Å².